The number of carboxylic acids is 1. The first-order chi connectivity index (χ1) is 8.25. The Morgan fingerprint density at radius 1 is 1.39 bits per heavy atom. The van der Waals surface area contributed by atoms with E-state index in [0.717, 1.165) is 19.1 Å². The molecule has 1 rings (SSSR count). The molecule has 0 radical (unpaired) electrons. The van der Waals surface area contributed by atoms with Crippen LogP contribution in [0.25, 0.3) is 0 Å². The molecule has 98 valence electrons. The fourth-order valence-electron chi connectivity index (χ4n) is 1.18. The molecular weight excluding hydrogens is 264 g/mol. The molecule has 1 unspecified atom stereocenters. The van der Waals surface area contributed by atoms with Gasteiger partial charge >= 0.3 is 0 Å². The first-order valence-corrected chi connectivity index (χ1v) is 6.20. The van der Waals surface area contributed by atoms with E-state index in [-0.39, 0.29) is 0 Å². The van der Waals surface area contributed by atoms with E-state index in [2.05, 4.69) is 0 Å². The number of sulfonamides is 1. The molecule has 0 saturated carbocycles. The van der Waals surface area contributed by atoms with Gasteiger partial charge in [0.1, 0.15) is 0 Å². The molecule has 0 aliphatic carbocycles. The van der Waals surface area contributed by atoms with Gasteiger partial charge in [-0.3, -0.25) is 10.1 Å². The second kappa shape index (κ2) is 5.10. The zero-order valence-electron chi connectivity index (χ0n) is 9.19. The molecule has 0 heterocycles. The third kappa shape index (κ3) is 3.02. The van der Waals surface area contributed by atoms with Crippen molar-refractivity contribution in [1.82, 2.24) is 4.72 Å². The van der Waals surface area contributed by atoms with Crippen LogP contribution in [0.15, 0.2) is 29.2 Å². The highest BCUT2D eigenvalue weighted by atomic mass is 32.2. The lowest BCUT2D eigenvalue weighted by Crippen LogP contribution is -2.45. The van der Waals surface area contributed by atoms with Gasteiger partial charge in [0, 0.05) is 6.07 Å². The quantitative estimate of drug-likeness (QED) is 0.541. The fourth-order valence-corrected chi connectivity index (χ4v) is 2.54. The minimum atomic E-state index is -4.29. The fraction of sp³-hybridized carbons (Fsp3) is 0.222. The van der Waals surface area contributed by atoms with E-state index in [9.17, 15) is 28.4 Å². The normalized spacial score (nSPS) is 12.9. The average molecular weight is 273 g/mol. The van der Waals surface area contributed by atoms with E-state index in [1.54, 1.807) is 4.72 Å². The highest BCUT2D eigenvalue weighted by Gasteiger charge is 2.26. The van der Waals surface area contributed by atoms with Gasteiger partial charge in [-0.15, -0.1) is 0 Å². The second-order valence-corrected chi connectivity index (χ2v) is 5.07. The van der Waals surface area contributed by atoms with Gasteiger partial charge in [-0.25, -0.2) is 13.1 Å². The van der Waals surface area contributed by atoms with E-state index in [4.69, 9.17) is 0 Å². The monoisotopic (exact) mass is 273 g/mol. The second-order valence-electron chi connectivity index (χ2n) is 3.39. The average Bonchev–Trinajstić information content (AvgIpc) is 2.28. The molecule has 18 heavy (non-hydrogen) atoms. The number of carbonyl (C=O) groups excluding carboxylic acids is 1. The number of para-hydroxylation sites is 1. The van der Waals surface area contributed by atoms with Crippen LogP contribution in [0.4, 0.5) is 5.69 Å². The van der Waals surface area contributed by atoms with Crippen molar-refractivity contribution in [2.24, 2.45) is 0 Å². The lowest BCUT2D eigenvalue weighted by atomic mass is 10.3. The molecule has 9 heteroatoms. The van der Waals surface area contributed by atoms with E-state index >= 15 is 0 Å². The Labute approximate surface area is 102 Å². The van der Waals surface area contributed by atoms with E-state index in [0.29, 0.717) is 0 Å². The number of aliphatic carboxylic acids is 1. The Balaban J connectivity index is 3.21. The van der Waals surface area contributed by atoms with Crippen molar-refractivity contribution in [3.05, 3.63) is 34.4 Å². The highest BCUT2D eigenvalue weighted by molar-refractivity contribution is 7.89. The number of nitrogens with zero attached hydrogens (tertiary/aromatic N) is 1. The Bertz CT molecular complexity index is 582. The highest BCUT2D eigenvalue weighted by Crippen LogP contribution is 2.22. The number of nitro benzene ring substituents is 1. The zero-order chi connectivity index (χ0) is 13.9. The Hall–Kier alpha value is -2.00. The van der Waals surface area contributed by atoms with Crippen LogP contribution in [0.2, 0.25) is 0 Å². The zero-order valence-corrected chi connectivity index (χ0v) is 10.0. The minimum Gasteiger partial charge on any atom is -0.548 e. The topological polar surface area (TPSA) is 129 Å². The number of nitro groups is 1. The Morgan fingerprint density at radius 3 is 2.44 bits per heavy atom. The minimum absolute atomic E-state index is 0.594. The van der Waals surface area contributed by atoms with Crippen molar-refractivity contribution in [3.63, 3.8) is 0 Å². The van der Waals surface area contributed by atoms with Crippen molar-refractivity contribution < 1.29 is 23.2 Å². The lowest BCUT2D eigenvalue weighted by Gasteiger charge is -2.14. The molecule has 1 aromatic carbocycles. The molecule has 0 spiro atoms. The predicted molar refractivity (Wildman–Crippen MR) is 57.9 cm³/mol. The van der Waals surface area contributed by atoms with Crippen LogP contribution < -0.4 is 9.83 Å². The van der Waals surface area contributed by atoms with Crippen LogP contribution in [0.5, 0.6) is 0 Å². The number of rotatable bonds is 5. The molecule has 0 aliphatic rings. The summed E-state index contributed by atoms with van der Waals surface area (Å²) in [5.74, 6) is -1.63. The maximum atomic E-state index is 11.8. The first-order valence-electron chi connectivity index (χ1n) is 4.72. The van der Waals surface area contributed by atoms with Crippen LogP contribution in [0.3, 0.4) is 0 Å². The Kier molecular flexibility index (Phi) is 3.99. The summed E-state index contributed by atoms with van der Waals surface area (Å²) >= 11 is 0. The standard InChI is InChI=1S/C9H10N2O6S/c1-6(9(12)13)10-18(16,17)8-5-3-2-4-7(8)11(14)15/h2-6,10H,1H3,(H,12,13)/p-1. The molecule has 0 saturated heterocycles. The summed E-state index contributed by atoms with van der Waals surface area (Å²) in [6, 6.07) is 3.14. The number of hydrogen-bond donors (Lipinski definition) is 1. The van der Waals surface area contributed by atoms with Crippen LogP contribution in [0, 0.1) is 10.1 Å². The van der Waals surface area contributed by atoms with Gasteiger partial charge < -0.3 is 9.90 Å². The molecule has 1 atom stereocenters. The van der Waals surface area contributed by atoms with Crippen LogP contribution in [-0.4, -0.2) is 25.4 Å². The smallest absolute Gasteiger partial charge is 0.289 e. The van der Waals surface area contributed by atoms with Gasteiger partial charge in [-0.1, -0.05) is 12.1 Å². The number of carboxylic acid groups (broad SMARTS) is 1. The van der Waals surface area contributed by atoms with Gasteiger partial charge in [-0.2, -0.15) is 0 Å². The number of benzene rings is 1. The maximum Gasteiger partial charge on any atom is 0.289 e. The number of nitrogens with one attached hydrogen (secondary N) is 1. The molecule has 0 aromatic heterocycles. The summed E-state index contributed by atoms with van der Waals surface area (Å²) < 4.78 is 25.3. The summed E-state index contributed by atoms with van der Waals surface area (Å²) in [5, 5.41) is 21.1. The van der Waals surface area contributed by atoms with E-state index < -0.39 is 37.5 Å². The van der Waals surface area contributed by atoms with Gasteiger partial charge in [0.15, 0.2) is 4.90 Å². The molecule has 0 amide bonds. The molecule has 0 aliphatic heterocycles. The maximum absolute atomic E-state index is 11.8. The van der Waals surface area contributed by atoms with Crippen LogP contribution in [-0.2, 0) is 14.8 Å². The molecule has 0 fully saturated rings. The summed E-state index contributed by atoms with van der Waals surface area (Å²) in [4.78, 5) is 19.7. The summed E-state index contributed by atoms with van der Waals surface area (Å²) in [6.07, 6.45) is 0. The molecule has 0 bridgehead atoms. The van der Waals surface area contributed by atoms with Gasteiger partial charge in [-0.05, 0) is 13.0 Å². The lowest BCUT2D eigenvalue weighted by molar-refractivity contribution is -0.387. The molecule has 1 N–H and O–H groups in total. The first kappa shape index (κ1) is 14.1. The number of carbonyl (C=O) groups is 1. The SMILES string of the molecule is CC(NS(=O)(=O)c1ccccc1[N+](=O)[O-])C(=O)[O-]. The van der Waals surface area contributed by atoms with Gasteiger partial charge in [0.2, 0.25) is 10.0 Å². The third-order valence-electron chi connectivity index (χ3n) is 2.04. The van der Waals surface area contributed by atoms with Crippen molar-refractivity contribution >= 4 is 21.7 Å². The van der Waals surface area contributed by atoms with Crippen molar-refractivity contribution in [2.75, 3.05) is 0 Å². The summed E-state index contributed by atoms with van der Waals surface area (Å²) in [5.41, 5.74) is -0.629. The van der Waals surface area contributed by atoms with Crippen molar-refractivity contribution in [3.8, 4) is 0 Å². The van der Waals surface area contributed by atoms with Crippen LogP contribution in [0.1, 0.15) is 6.92 Å². The molecule has 8 nitrogen and oxygen atoms in total. The van der Waals surface area contributed by atoms with Gasteiger partial charge in [0.05, 0.1) is 16.9 Å². The van der Waals surface area contributed by atoms with E-state index in [1.165, 1.54) is 12.1 Å². The van der Waals surface area contributed by atoms with Crippen molar-refractivity contribution in [2.45, 2.75) is 17.9 Å². The molecule has 1 aromatic rings. The molecular formula is C9H9N2O6S-. The summed E-state index contributed by atoms with van der Waals surface area (Å²) in [7, 11) is -4.29. The largest absolute Gasteiger partial charge is 0.548 e. The third-order valence-corrected chi connectivity index (χ3v) is 3.63. The Morgan fingerprint density at radius 2 is 1.94 bits per heavy atom. The predicted octanol–water partition coefficient (Wildman–Crippen LogP) is -0.988. The van der Waals surface area contributed by atoms with Crippen molar-refractivity contribution in [1.29, 1.82) is 0 Å². The van der Waals surface area contributed by atoms with Crippen LogP contribution >= 0.6 is 0 Å². The summed E-state index contributed by atoms with van der Waals surface area (Å²) in [6.45, 7) is 1.06. The number of hydrogen-bond acceptors (Lipinski definition) is 6. The van der Waals surface area contributed by atoms with Gasteiger partial charge in [0.25, 0.3) is 5.69 Å². The van der Waals surface area contributed by atoms with E-state index in [1.807, 2.05) is 0 Å².